The van der Waals surface area contributed by atoms with Gasteiger partial charge in [0.05, 0.1) is 12.4 Å². The van der Waals surface area contributed by atoms with Crippen LogP contribution in [0.25, 0.3) is 0 Å². The van der Waals surface area contributed by atoms with Crippen LogP contribution in [0.2, 0.25) is 0 Å². The van der Waals surface area contributed by atoms with E-state index in [2.05, 4.69) is 80.2 Å². The zero-order valence-electron chi connectivity index (χ0n) is 20.7. The van der Waals surface area contributed by atoms with Gasteiger partial charge in [-0.05, 0) is 62.6 Å². The molecule has 0 spiro atoms. The maximum atomic E-state index is 4.63. The first-order valence-electron chi connectivity index (χ1n) is 11.8. The summed E-state index contributed by atoms with van der Waals surface area (Å²) in [5.41, 5.74) is 2.43. The van der Waals surface area contributed by atoms with E-state index in [1.54, 1.807) is 12.5 Å². The molecule has 2 aromatic heterocycles. The summed E-state index contributed by atoms with van der Waals surface area (Å²) >= 11 is 0. The zero-order valence-corrected chi connectivity index (χ0v) is 20.7. The second-order valence-corrected chi connectivity index (χ2v) is 9.72. The molecule has 4 rings (SSSR count). The van der Waals surface area contributed by atoms with Crippen LogP contribution >= 0.6 is 0 Å². The van der Waals surface area contributed by atoms with Crippen LogP contribution in [0.4, 0.5) is 0 Å². The Kier molecular flexibility index (Phi) is 12.7. The predicted octanol–water partition coefficient (Wildman–Crippen LogP) is 6.87. The zero-order chi connectivity index (χ0) is 22.5. The molecule has 2 fully saturated rings. The Morgan fingerprint density at radius 3 is 1.67 bits per heavy atom. The highest BCUT2D eigenvalue weighted by Crippen LogP contribution is 2.32. The van der Waals surface area contributed by atoms with Gasteiger partial charge < -0.3 is 9.42 Å². The molecule has 5 nitrogen and oxygen atoms in total. The molecule has 0 atom stereocenters. The van der Waals surface area contributed by atoms with Crippen molar-refractivity contribution in [2.24, 2.45) is 11.8 Å². The highest BCUT2D eigenvalue weighted by molar-refractivity contribution is 5.07. The number of aromatic amines is 1. The lowest BCUT2D eigenvalue weighted by molar-refractivity contribution is 0.138. The van der Waals surface area contributed by atoms with Crippen molar-refractivity contribution in [1.29, 1.82) is 0 Å². The molecule has 1 aliphatic heterocycles. The number of nitrogens with one attached hydrogen (secondary N) is 1. The summed E-state index contributed by atoms with van der Waals surface area (Å²) in [7, 11) is 0. The standard InChI is InChI=1S/C7H14.C6H10N2.C6H9NO.C6H13N/c1-6(2)7-4-3-5-7;2*1-5(2)6-3-7-8-4-6;1-6(2)7-4-3-5-7/h6-7H,3-5H2,1-2H3;3-5H,1-2H3,(H,7,8);3-5H,1-2H3;6H,3-5H2,1-2H3. The SMILES string of the molecule is CC(C)C1CCC1.CC(C)N1CCC1.CC(C)c1cn[nH]c1.CC(C)c1cnoc1. The van der Waals surface area contributed by atoms with Gasteiger partial charge in [0.15, 0.2) is 0 Å². The van der Waals surface area contributed by atoms with Crippen molar-refractivity contribution in [3.05, 3.63) is 36.0 Å². The summed E-state index contributed by atoms with van der Waals surface area (Å²) < 4.78 is 4.63. The average molecular weight is 419 g/mol. The minimum Gasteiger partial charge on any atom is -0.364 e. The fraction of sp³-hybridized carbons (Fsp3) is 0.760. The summed E-state index contributed by atoms with van der Waals surface area (Å²) in [5, 5.41) is 10.1. The normalized spacial score (nSPS) is 16.1. The van der Waals surface area contributed by atoms with Crippen molar-refractivity contribution >= 4 is 0 Å². The van der Waals surface area contributed by atoms with E-state index in [1.165, 1.54) is 44.3 Å². The first-order chi connectivity index (χ1) is 14.2. The first-order valence-corrected chi connectivity index (χ1v) is 11.8. The van der Waals surface area contributed by atoms with Gasteiger partial charge in [-0.2, -0.15) is 5.10 Å². The summed E-state index contributed by atoms with van der Waals surface area (Å²) in [6.07, 6.45) is 13.1. The molecule has 1 aliphatic carbocycles. The van der Waals surface area contributed by atoms with Crippen LogP contribution in [0, 0.1) is 11.8 Å². The number of likely N-dealkylation sites (tertiary alicyclic amines) is 1. The fourth-order valence-corrected chi connectivity index (χ4v) is 3.04. The van der Waals surface area contributed by atoms with Gasteiger partial charge >= 0.3 is 0 Å². The lowest BCUT2D eigenvalue weighted by Gasteiger charge is -2.34. The van der Waals surface area contributed by atoms with Crippen LogP contribution in [0.15, 0.2) is 29.4 Å². The molecule has 0 bridgehead atoms. The van der Waals surface area contributed by atoms with Gasteiger partial charge in [-0.1, -0.05) is 66.0 Å². The monoisotopic (exact) mass is 418 g/mol. The van der Waals surface area contributed by atoms with Gasteiger partial charge in [0.1, 0.15) is 6.26 Å². The Morgan fingerprint density at radius 1 is 0.900 bits per heavy atom. The second-order valence-electron chi connectivity index (χ2n) is 9.72. The van der Waals surface area contributed by atoms with E-state index < -0.39 is 0 Å². The molecule has 30 heavy (non-hydrogen) atoms. The van der Waals surface area contributed by atoms with Crippen LogP contribution in [-0.2, 0) is 0 Å². The molecule has 3 heterocycles. The second kappa shape index (κ2) is 14.4. The van der Waals surface area contributed by atoms with Crippen molar-refractivity contribution in [3.63, 3.8) is 0 Å². The van der Waals surface area contributed by atoms with Crippen molar-refractivity contribution in [2.45, 2.75) is 99.0 Å². The van der Waals surface area contributed by atoms with E-state index in [1.807, 2.05) is 12.4 Å². The van der Waals surface area contributed by atoms with Crippen molar-refractivity contribution < 1.29 is 4.52 Å². The minimum absolute atomic E-state index is 0.529. The maximum absolute atomic E-state index is 4.63. The van der Waals surface area contributed by atoms with Crippen LogP contribution < -0.4 is 0 Å². The predicted molar refractivity (Wildman–Crippen MR) is 127 cm³/mol. The number of hydrogen-bond acceptors (Lipinski definition) is 4. The Labute approximate surface area is 185 Å². The lowest BCUT2D eigenvalue weighted by atomic mass is 9.78. The Hall–Kier alpha value is -1.62. The summed E-state index contributed by atoms with van der Waals surface area (Å²) in [4.78, 5) is 2.47. The Balaban J connectivity index is 0.000000200. The molecule has 1 saturated carbocycles. The molecule has 2 aliphatic rings. The highest BCUT2D eigenvalue weighted by atomic mass is 16.5. The van der Waals surface area contributed by atoms with Gasteiger partial charge in [-0.3, -0.25) is 5.10 Å². The third kappa shape index (κ3) is 10.4. The molecule has 172 valence electrons. The van der Waals surface area contributed by atoms with Crippen LogP contribution in [0.5, 0.6) is 0 Å². The molecule has 0 unspecified atom stereocenters. The largest absolute Gasteiger partial charge is 0.364 e. The lowest BCUT2D eigenvalue weighted by Crippen LogP contribution is -2.41. The van der Waals surface area contributed by atoms with E-state index in [9.17, 15) is 0 Å². The van der Waals surface area contributed by atoms with Gasteiger partial charge in [0, 0.05) is 17.8 Å². The maximum Gasteiger partial charge on any atom is 0.127 e. The number of rotatable bonds is 4. The topological polar surface area (TPSA) is 58.0 Å². The molecular weight excluding hydrogens is 372 g/mol. The smallest absolute Gasteiger partial charge is 0.127 e. The fourth-order valence-electron chi connectivity index (χ4n) is 3.04. The van der Waals surface area contributed by atoms with E-state index in [0.717, 1.165) is 23.4 Å². The summed E-state index contributed by atoms with van der Waals surface area (Å²) in [6.45, 7) is 20.3. The number of aromatic nitrogens is 3. The van der Waals surface area contributed by atoms with E-state index in [-0.39, 0.29) is 0 Å². The Bertz CT molecular complexity index is 553. The van der Waals surface area contributed by atoms with Crippen molar-refractivity contribution in [2.75, 3.05) is 13.1 Å². The molecule has 1 saturated heterocycles. The molecule has 0 amide bonds. The average Bonchev–Trinajstić information content (AvgIpc) is 3.27. The molecule has 2 aromatic rings. The van der Waals surface area contributed by atoms with Crippen LogP contribution in [0.1, 0.15) is 104 Å². The third-order valence-corrected chi connectivity index (χ3v) is 6.02. The van der Waals surface area contributed by atoms with Crippen molar-refractivity contribution in [3.8, 4) is 0 Å². The summed E-state index contributed by atoms with van der Waals surface area (Å²) in [5.74, 6) is 3.16. The molecule has 0 aromatic carbocycles. The van der Waals surface area contributed by atoms with Crippen molar-refractivity contribution in [1.82, 2.24) is 20.3 Å². The van der Waals surface area contributed by atoms with E-state index in [4.69, 9.17) is 0 Å². The van der Waals surface area contributed by atoms with Gasteiger partial charge in [-0.25, -0.2) is 0 Å². The Morgan fingerprint density at radius 2 is 1.53 bits per heavy atom. The van der Waals surface area contributed by atoms with E-state index >= 15 is 0 Å². The van der Waals surface area contributed by atoms with Crippen LogP contribution in [-0.4, -0.2) is 39.4 Å². The minimum atomic E-state index is 0.529. The molecule has 5 heteroatoms. The first kappa shape index (κ1) is 26.4. The van der Waals surface area contributed by atoms with Gasteiger partial charge in [0.25, 0.3) is 0 Å². The van der Waals surface area contributed by atoms with Gasteiger partial charge in [0.2, 0.25) is 0 Å². The highest BCUT2D eigenvalue weighted by Gasteiger charge is 2.19. The quantitative estimate of drug-likeness (QED) is 0.588. The summed E-state index contributed by atoms with van der Waals surface area (Å²) in [6, 6.07) is 0.786. The molecule has 0 radical (unpaired) electrons. The molecule has 1 N–H and O–H groups in total. The number of nitrogens with zero attached hydrogens (tertiary/aromatic N) is 3. The molecular formula is C25H46N4O. The van der Waals surface area contributed by atoms with Gasteiger partial charge in [-0.15, -0.1) is 0 Å². The van der Waals surface area contributed by atoms with E-state index in [0.29, 0.717) is 11.8 Å². The number of hydrogen-bond donors (Lipinski definition) is 1. The third-order valence-electron chi connectivity index (χ3n) is 6.02. The van der Waals surface area contributed by atoms with Crippen LogP contribution in [0.3, 0.4) is 0 Å². The number of H-pyrrole nitrogens is 1.